The van der Waals surface area contributed by atoms with Crippen molar-refractivity contribution in [3.63, 3.8) is 0 Å². The van der Waals surface area contributed by atoms with Gasteiger partial charge in [0.05, 0.1) is 10.7 Å². The molecule has 2 aromatic rings. The molecule has 0 aliphatic carbocycles. The van der Waals surface area contributed by atoms with Crippen molar-refractivity contribution in [2.75, 3.05) is 11.4 Å². The van der Waals surface area contributed by atoms with Gasteiger partial charge in [0.15, 0.2) is 0 Å². The van der Waals surface area contributed by atoms with Crippen LogP contribution in [-0.2, 0) is 0 Å². The lowest BCUT2D eigenvalue weighted by Gasteiger charge is -2.36. The van der Waals surface area contributed by atoms with Crippen molar-refractivity contribution in [3.05, 3.63) is 47.7 Å². The first kappa shape index (κ1) is 12.6. The summed E-state index contributed by atoms with van der Waals surface area (Å²) < 4.78 is 2.08. The van der Waals surface area contributed by atoms with Crippen LogP contribution < -0.4 is 4.90 Å². The average molecular weight is 275 g/mol. The Morgan fingerprint density at radius 3 is 2.63 bits per heavy atom. The van der Waals surface area contributed by atoms with Gasteiger partial charge in [0, 0.05) is 30.7 Å². The molecule has 100 valence electrons. The summed E-state index contributed by atoms with van der Waals surface area (Å²) in [5, 5.41) is 0.847. The van der Waals surface area contributed by atoms with Crippen LogP contribution in [-0.4, -0.2) is 17.2 Å². The van der Waals surface area contributed by atoms with Gasteiger partial charge in [-0.1, -0.05) is 11.6 Å². The molecule has 0 amide bonds. The number of nitrogens with zero attached hydrogens (tertiary/aromatic N) is 2. The highest BCUT2D eigenvalue weighted by Crippen LogP contribution is 2.32. The number of piperidine rings is 1. The second-order valence-corrected chi connectivity index (χ2v) is 5.67. The lowest BCUT2D eigenvalue weighted by atomic mass is 10.0. The fraction of sp³-hybridized carbons (Fsp3) is 0.375. The molecule has 2 heterocycles. The van der Waals surface area contributed by atoms with E-state index in [0.717, 1.165) is 17.3 Å². The Balaban J connectivity index is 1.91. The van der Waals surface area contributed by atoms with E-state index in [1.807, 2.05) is 24.5 Å². The molecule has 1 fully saturated rings. The van der Waals surface area contributed by atoms with Gasteiger partial charge >= 0.3 is 0 Å². The number of rotatable bonds is 2. The molecule has 0 radical (unpaired) electrons. The van der Waals surface area contributed by atoms with Crippen LogP contribution in [0.5, 0.6) is 0 Å². The number of anilines is 1. The first-order chi connectivity index (χ1) is 9.25. The van der Waals surface area contributed by atoms with Gasteiger partial charge in [-0.25, -0.2) is 0 Å². The summed E-state index contributed by atoms with van der Waals surface area (Å²) in [6.07, 6.45) is 7.93. The topological polar surface area (TPSA) is 8.17 Å². The summed E-state index contributed by atoms with van der Waals surface area (Å²) in [5.74, 6) is 0. The molecule has 0 spiro atoms. The predicted octanol–water partition coefficient (Wildman–Crippen LogP) is 4.51. The molecule has 2 nitrogen and oxygen atoms in total. The second-order valence-electron chi connectivity index (χ2n) is 5.26. The van der Waals surface area contributed by atoms with Crippen molar-refractivity contribution in [1.82, 2.24) is 4.57 Å². The fourth-order valence-electron chi connectivity index (χ4n) is 2.85. The lowest BCUT2D eigenvalue weighted by molar-refractivity contribution is 0.485. The number of hydrogen-bond acceptors (Lipinski definition) is 1. The van der Waals surface area contributed by atoms with Crippen LogP contribution in [0.25, 0.3) is 5.69 Å². The van der Waals surface area contributed by atoms with Crippen LogP contribution in [0.15, 0.2) is 42.7 Å². The van der Waals surface area contributed by atoms with Crippen LogP contribution in [0.4, 0.5) is 5.69 Å². The van der Waals surface area contributed by atoms with Crippen molar-refractivity contribution in [2.24, 2.45) is 0 Å². The predicted molar refractivity (Wildman–Crippen MR) is 81.4 cm³/mol. The van der Waals surface area contributed by atoms with Crippen LogP contribution in [0.1, 0.15) is 26.2 Å². The van der Waals surface area contributed by atoms with Crippen LogP contribution in [0.3, 0.4) is 0 Å². The maximum absolute atomic E-state index is 6.49. The van der Waals surface area contributed by atoms with E-state index in [-0.39, 0.29) is 0 Å². The molecule has 0 saturated carbocycles. The third-order valence-electron chi connectivity index (χ3n) is 3.95. The van der Waals surface area contributed by atoms with E-state index in [1.165, 1.54) is 24.9 Å². The summed E-state index contributed by atoms with van der Waals surface area (Å²) in [6.45, 7) is 3.40. The minimum atomic E-state index is 0.587. The third-order valence-corrected chi connectivity index (χ3v) is 4.25. The highest BCUT2D eigenvalue weighted by atomic mass is 35.5. The molecule has 1 aliphatic heterocycles. The smallest absolute Gasteiger partial charge is 0.0660 e. The first-order valence-electron chi connectivity index (χ1n) is 6.95. The highest BCUT2D eigenvalue weighted by Gasteiger charge is 2.20. The van der Waals surface area contributed by atoms with Gasteiger partial charge in [-0.05, 0) is 56.5 Å². The largest absolute Gasteiger partial charge is 0.368 e. The number of benzene rings is 1. The fourth-order valence-corrected chi connectivity index (χ4v) is 3.14. The monoisotopic (exact) mass is 274 g/mol. The summed E-state index contributed by atoms with van der Waals surface area (Å²) in [4.78, 5) is 2.44. The van der Waals surface area contributed by atoms with E-state index in [4.69, 9.17) is 11.6 Å². The quantitative estimate of drug-likeness (QED) is 0.782. The molecule has 1 saturated heterocycles. The minimum Gasteiger partial charge on any atom is -0.368 e. The van der Waals surface area contributed by atoms with E-state index in [9.17, 15) is 0 Å². The Labute approximate surface area is 119 Å². The molecule has 1 aliphatic rings. The van der Waals surface area contributed by atoms with Gasteiger partial charge in [-0.15, -0.1) is 0 Å². The normalized spacial score (nSPS) is 19.7. The number of hydrogen-bond donors (Lipinski definition) is 0. The lowest BCUT2D eigenvalue weighted by Crippen LogP contribution is -2.37. The van der Waals surface area contributed by atoms with E-state index >= 15 is 0 Å². The second kappa shape index (κ2) is 5.30. The van der Waals surface area contributed by atoms with Gasteiger partial charge in [-0.3, -0.25) is 0 Å². The number of halogens is 1. The SMILES string of the molecule is C[C@@H]1CCCCN1c1ccc(-n2cccc2)cc1Cl. The zero-order valence-corrected chi connectivity index (χ0v) is 12.0. The minimum absolute atomic E-state index is 0.587. The van der Waals surface area contributed by atoms with Crippen molar-refractivity contribution < 1.29 is 0 Å². The Hall–Kier alpha value is -1.41. The summed E-state index contributed by atoms with van der Waals surface area (Å²) in [7, 11) is 0. The highest BCUT2D eigenvalue weighted by molar-refractivity contribution is 6.33. The van der Waals surface area contributed by atoms with Gasteiger partial charge < -0.3 is 9.47 Å². The van der Waals surface area contributed by atoms with Crippen LogP contribution in [0, 0.1) is 0 Å². The van der Waals surface area contributed by atoms with Crippen LogP contribution >= 0.6 is 11.6 Å². The zero-order valence-electron chi connectivity index (χ0n) is 11.2. The first-order valence-corrected chi connectivity index (χ1v) is 7.33. The van der Waals surface area contributed by atoms with Gasteiger partial charge in [0.2, 0.25) is 0 Å². The van der Waals surface area contributed by atoms with Crippen LogP contribution in [0.2, 0.25) is 5.02 Å². The Morgan fingerprint density at radius 1 is 1.16 bits per heavy atom. The third kappa shape index (κ3) is 2.50. The van der Waals surface area contributed by atoms with Gasteiger partial charge in [0.1, 0.15) is 0 Å². The molecule has 0 N–H and O–H groups in total. The standard InChI is InChI=1S/C16H19ClN2/c1-13-6-2-3-11-19(13)16-8-7-14(12-15(16)17)18-9-4-5-10-18/h4-5,7-10,12-13H,2-3,6,11H2,1H3/t13-/m1/s1. The van der Waals surface area contributed by atoms with E-state index in [0.29, 0.717) is 6.04 Å². The molecular weight excluding hydrogens is 256 g/mol. The van der Waals surface area contributed by atoms with Gasteiger partial charge in [-0.2, -0.15) is 0 Å². The van der Waals surface area contributed by atoms with Crippen molar-refractivity contribution >= 4 is 17.3 Å². The van der Waals surface area contributed by atoms with Crippen molar-refractivity contribution in [2.45, 2.75) is 32.2 Å². The molecule has 1 aromatic heterocycles. The van der Waals surface area contributed by atoms with E-state index in [2.05, 4.69) is 34.6 Å². The molecule has 0 bridgehead atoms. The van der Waals surface area contributed by atoms with Gasteiger partial charge in [0.25, 0.3) is 0 Å². The summed E-state index contributed by atoms with van der Waals surface area (Å²) in [5.41, 5.74) is 2.29. The molecule has 3 rings (SSSR count). The van der Waals surface area contributed by atoms with Crippen molar-refractivity contribution in [3.8, 4) is 5.69 Å². The zero-order chi connectivity index (χ0) is 13.2. The Morgan fingerprint density at radius 2 is 1.95 bits per heavy atom. The van der Waals surface area contributed by atoms with E-state index < -0.39 is 0 Å². The Kier molecular flexibility index (Phi) is 3.52. The number of aromatic nitrogens is 1. The maximum atomic E-state index is 6.49. The maximum Gasteiger partial charge on any atom is 0.0660 e. The molecule has 3 heteroatoms. The summed E-state index contributed by atoms with van der Waals surface area (Å²) in [6, 6.07) is 11.0. The summed E-state index contributed by atoms with van der Waals surface area (Å²) >= 11 is 6.49. The molecule has 1 aromatic carbocycles. The molecule has 1 atom stereocenters. The molecular formula is C16H19ClN2. The van der Waals surface area contributed by atoms with Crippen molar-refractivity contribution in [1.29, 1.82) is 0 Å². The molecule has 19 heavy (non-hydrogen) atoms. The average Bonchev–Trinajstić information content (AvgIpc) is 2.94. The Bertz CT molecular complexity index is 548. The van der Waals surface area contributed by atoms with E-state index in [1.54, 1.807) is 0 Å². The molecule has 0 unspecified atom stereocenters.